The maximum absolute atomic E-state index is 12.4. The molecule has 0 radical (unpaired) electrons. The van der Waals surface area contributed by atoms with Crippen LogP contribution in [0.3, 0.4) is 0 Å². The number of nitrogens with zero attached hydrogens (tertiary/aromatic N) is 2. The Bertz CT molecular complexity index is 432. The van der Waals surface area contributed by atoms with Crippen LogP contribution in [-0.4, -0.2) is 46.5 Å². The minimum absolute atomic E-state index is 0.0567. The number of aliphatic carboxylic acids is 1. The molecule has 112 valence electrons. The maximum Gasteiger partial charge on any atom is 0.320 e. The van der Waals surface area contributed by atoms with E-state index in [-0.39, 0.29) is 18.5 Å². The van der Waals surface area contributed by atoms with Gasteiger partial charge in [-0.1, -0.05) is 6.07 Å². The van der Waals surface area contributed by atoms with Gasteiger partial charge >= 0.3 is 12.0 Å². The van der Waals surface area contributed by atoms with Crippen LogP contribution in [0.25, 0.3) is 0 Å². The summed E-state index contributed by atoms with van der Waals surface area (Å²) in [5.74, 6) is -0.826. The minimum atomic E-state index is -0.826. The predicted molar refractivity (Wildman–Crippen MR) is 79.9 cm³/mol. The van der Waals surface area contributed by atoms with Crippen molar-refractivity contribution in [3.63, 3.8) is 0 Å². The summed E-state index contributed by atoms with van der Waals surface area (Å²) in [5.41, 5.74) is 0. The van der Waals surface area contributed by atoms with Crippen molar-refractivity contribution < 1.29 is 14.7 Å². The summed E-state index contributed by atoms with van der Waals surface area (Å²) in [6, 6.07) is 3.96. The molecule has 0 saturated heterocycles. The van der Waals surface area contributed by atoms with Gasteiger partial charge in [0.15, 0.2) is 0 Å². The fourth-order valence-electron chi connectivity index (χ4n) is 1.90. The highest BCUT2D eigenvalue weighted by Gasteiger charge is 2.20. The van der Waals surface area contributed by atoms with E-state index < -0.39 is 5.97 Å². The molecular weight excluding hydrogens is 276 g/mol. The molecule has 0 saturated carbocycles. The fourth-order valence-corrected chi connectivity index (χ4v) is 2.66. The molecule has 6 heteroatoms. The first-order valence-corrected chi connectivity index (χ1v) is 7.55. The molecule has 1 aromatic rings. The Kier molecular flexibility index (Phi) is 6.51. The summed E-state index contributed by atoms with van der Waals surface area (Å²) in [6.07, 6.45) is 0.567. The highest BCUT2D eigenvalue weighted by molar-refractivity contribution is 7.09. The third-order valence-electron chi connectivity index (χ3n) is 2.96. The molecule has 0 bridgehead atoms. The van der Waals surface area contributed by atoms with Gasteiger partial charge in [-0.15, -0.1) is 11.3 Å². The molecule has 0 aliphatic heterocycles. The van der Waals surface area contributed by atoms with Crippen molar-refractivity contribution in [2.24, 2.45) is 0 Å². The van der Waals surface area contributed by atoms with Gasteiger partial charge in [0.25, 0.3) is 0 Å². The number of rotatable bonds is 7. The number of amides is 2. The molecule has 0 unspecified atom stereocenters. The van der Waals surface area contributed by atoms with E-state index in [1.165, 1.54) is 0 Å². The lowest BCUT2D eigenvalue weighted by Crippen LogP contribution is -2.45. The van der Waals surface area contributed by atoms with Crippen LogP contribution in [0, 0.1) is 0 Å². The van der Waals surface area contributed by atoms with Crippen molar-refractivity contribution in [1.29, 1.82) is 0 Å². The largest absolute Gasteiger partial charge is 0.481 e. The molecule has 0 aliphatic carbocycles. The van der Waals surface area contributed by atoms with Gasteiger partial charge in [0.05, 0.1) is 6.54 Å². The number of hydrogen-bond acceptors (Lipinski definition) is 3. The average Bonchev–Trinajstić information content (AvgIpc) is 2.85. The normalized spacial score (nSPS) is 10.6. The first kappa shape index (κ1) is 16.5. The molecule has 2 amide bonds. The van der Waals surface area contributed by atoms with E-state index in [4.69, 9.17) is 5.11 Å². The lowest BCUT2D eigenvalue weighted by molar-refractivity contribution is -0.137. The summed E-state index contributed by atoms with van der Waals surface area (Å²) >= 11 is 1.62. The SMILES string of the molecule is CC(C)N(CCCC(=O)O)C(=O)N(C)Cc1cccs1. The number of carboxylic acids is 1. The van der Waals surface area contributed by atoms with Gasteiger partial charge in [-0.3, -0.25) is 4.79 Å². The lowest BCUT2D eigenvalue weighted by Gasteiger charge is -2.31. The molecule has 5 nitrogen and oxygen atoms in total. The molecule has 0 atom stereocenters. The molecule has 0 aromatic carbocycles. The van der Waals surface area contributed by atoms with Crippen LogP contribution in [-0.2, 0) is 11.3 Å². The van der Waals surface area contributed by atoms with Crippen molar-refractivity contribution in [2.75, 3.05) is 13.6 Å². The van der Waals surface area contributed by atoms with E-state index in [0.717, 1.165) is 4.88 Å². The van der Waals surface area contributed by atoms with Crippen molar-refractivity contribution in [3.8, 4) is 0 Å². The summed E-state index contributed by atoms with van der Waals surface area (Å²) in [7, 11) is 1.77. The third kappa shape index (κ3) is 5.21. The Morgan fingerprint density at radius 1 is 1.40 bits per heavy atom. The Hall–Kier alpha value is -1.56. The average molecular weight is 298 g/mol. The van der Waals surface area contributed by atoms with Crippen LogP contribution in [0.2, 0.25) is 0 Å². The van der Waals surface area contributed by atoms with Crippen LogP contribution in [0.15, 0.2) is 17.5 Å². The molecule has 1 heterocycles. The minimum Gasteiger partial charge on any atom is -0.481 e. The first-order valence-electron chi connectivity index (χ1n) is 6.67. The molecule has 1 N–H and O–H groups in total. The monoisotopic (exact) mass is 298 g/mol. The van der Waals surface area contributed by atoms with Crippen molar-refractivity contribution in [1.82, 2.24) is 9.80 Å². The quantitative estimate of drug-likeness (QED) is 0.842. The molecular formula is C14H22N2O3S. The Balaban J connectivity index is 2.56. The van der Waals surface area contributed by atoms with Gasteiger partial charge in [0.1, 0.15) is 0 Å². The van der Waals surface area contributed by atoms with Crippen molar-refractivity contribution in [3.05, 3.63) is 22.4 Å². The van der Waals surface area contributed by atoms with Gasteiger partial charge in [0, 0.05) is 30.9 Å². The molecule has 0 aliphatic rings. The predicted octanol–water partition coefficient (Wildman–Crippen LogP) is 2.88. The van der Waals surface area contributed by atoms with Crippen molar-refractivity contribution in [2.45, 2.75) is 39.3 Å². The van der Waals surface area contributed by atoms with Crippen LogP contribution in [0.4, 0.5) is 4.79 Å². The molecule has 20 heavy (non-hydrogen) atoms. The zero-order valence-corrected chi connectivity index (χ0v) is 13.0. The van der Waals surface area contributed by atoms with Gasteiger partial charge in [-0.05, 0) is 31.7 Å². The van der Waals surface area contributed by atoms with Gasteiger partial charge in [0.2, 0.25) is 0 Å². The fraction of sp³-hybridized carbons (Fsp3) is 0.571. The summed E-state index contributed by atoms with van der Waals surface area (Å²) < 4.78 is 0. The third-order valence-corrected chi connectivity index (χ3v) is 3.82. The van der Waals surface area contributed by atoms with E-state index in [2.05, 4.69) is 0 Å². The standard InChI is InChI=1S/C14H22N2O3S/c1-11(2)16(8-4-7-13(17)18)14(19)15(3)10-12-6-5-9-20-12/h5-6,9,11H,4,7-8,10H2,1-3H3,(H,17,18). The molecule has 1 aromatic heterocycles. The summed E-state index contributed by atoms with van der Waals surface area (Å²) in [4.78, 5) is 27.5. The van der Waals surface area contributed by atoms with Crippen LogP contribution in [0.1, 0.15) is 31.6 Å². The number of carboxylic acid groups (broad SMARTS) is 1. The van der Waals surface area contributed by atoms with Crippen LogP contribution >= 0.6 is 11.3 Å². The smallest absolute Gasteiger partial charge is 0.320 e. The van der Waals surface area contributed by atoms with Gasteiger partial charge in [-0.25, -0.2) is 4.79 Å². The molecule has 0 fully saturated rings. The Labute approximate surface area is 123 Å². The number of hydrogen-bond donors (Lipinski definition) is 1. The first-order chi connectivity index (χ1) is 9.41. The van der Waals surface area contributed by atoms with Crippen LogP contribution in [0.5, 0.6) is 0 Å². The van der Waals surface area contributed by atoms with E-state index >= 15 is 0 Å². The van der Waals surface area contributed by atoms with E-state index in [1.807, 2.05) is 31.4 Å². The second-order valence-electron chi connectivity index (χ2n) is 5.00. The summed E-state index contributed by atoms with van der Waals surface area (Å²) in [5, 5.41) is 10.7. The topological polar surface area (TPSA) is 60.9 Å². The van der Waals surface area contributed by atoms with Gasteiger partial charge < -0.3 is 14.9 Å². The van der Waals surface area contributed by atoms with Gasteiger partial charge in [-0.2, -0.15) is 0 Å². The second-order valence-corrected chi connectivity index (χ2v) is 6.03. The Morgan fingerprint density at radius 2 is 2.10 bits per heavy atom. The number of thiophene rings is 1. The highest BCUT2D eigenvalue weighted by atomic mass is 32.1. The highest BCUT2D eigenvalue weighted by Crippen LogP contribution is 2.13. The van der Waals surface area contributed by atoms with Crippen molar-refractivity contribution >= 4 is 23.3 Å². The van der Waals surface area contributed by atoms with E-state index in [0.29, 0.717) is 19.5 Å². The zero-order chi connectivity index (χ0) is 15.1. The van der Waals surface area contributed by atoms with E-state index in [1.54, 1.807) is 28.2 Å². The van der Waals surface area contributed by atoms with Crippen LogP contribution < -0.4 is 0 Å². The lowest BCUT2D eigenvalue weighted by atomic mass is 10.2. The second kappa shape index (κ2) is 7.89. The number of carbonyl (C=O) groups is 2. The molecule has 1 rings (SSSR count). The van der Waals surface area contributed by atoms with E-state index in [9.17, 15) is 9.59 Å². The number of carbonyl (C=O) groups excluding carboxylic acids is 1. The Morgan fingerprint density at radius 3 is 2.60 bits per heavy atom. The number of urea groups is 1. The zero-order valence-electron chi connectivity index (χ0n) is 12.2. The summed E-state index contributed by atoms with van der Waals surface area (Å²) in [6.45, 7) is 4.94. The maximum atomic E-state index is 12.4. The molecule has 0 spiro atoms.